The van der Waals surface area contributed by atoms with Crippen LogP contribution < -0.4 is 19.1 Å². The van der Waals surface area contributed by atoms with Gasteiger partial charge < -0.3 is 19.7 Å². The Balaban J connectivity index is 1.48. The number of carbonyl (C=O) groups is 2. The lowest BCUT2D eigenvalue weighted by molar-refractivity contribution is -0.141. The maximum atomic E-state index is 13.7. The highest BCUT2D eigenvalue weighted by atomic mass is 32.2. The fourth-order valence-electron chi connectivity index (χ4n) is 5.37. The predicted octanol–water partition coefficient (Wildman–Crippen LogP) is 4.18. The van der Waals surface area contributed by atoms with E-state index in [1.54, 1.807) is 23.1 Å². The number of amides is 2. The number of ether oxygens (including phenoxy) is 2. The first-order valence-corrected chi connectivity index (χ1v) is 16.0. The van der Waals surface area contributed by atoms with Crippen molar-refractivity contribution in [2.45, 2.75) is 77.4 Å². The lowest BCUT2D eigenvalue weighted by Crippen LogP contribution is -2.51. The van der Waals surface area contributed by atoms with E-state index in [9.17, 15) is 18.0 Å². The number of rotatable bonds is 12. The Kier molecular flexibility index (Phi) is 9.95. The number of aryl methyl sites for hydroxylation is 1. The van der Waals surface area contributed by atoms with Crippen molar-refractivity contribution in [3.05, 3.63) is 53.6 Å². The van der Waals surface area contributed by atoms with Gasteiger partial charge in [0.15, 0.2) is 11.5 Å². The third-order valence-electron chi connectivity index (χ3n) is 7.53. The fourth-order valence-corrected chi connectivity index (χ4v) is 6.33. The predicted molar refractivity (Wildman–Crippen MR) is 155 cm³/mol. The summed E-state index contributed by atoms with van der Waals surface area (Å²) in [6.07, 6.45) is 6.19. The lowest BCUT2D eigenvalue weighted by atomic mass is 10.1. The van der Waals surface area contributed by atoms with Crippen molar-refractivity contribution in [1.29, 1.82) is 0 Å². The van der Waals surface area contributed by atoms with Gasteiger partial charge in [-0.15, -0.1) is 0 Å². The van der Waals surface area contributed by atoms with Crippen molar-refractivity contribution >= 4 is 27.5 Å². The number of nitrogens with zero attached hydrogens (tertiary/aromatic N) is 2. The summed E-state index contributed by atoms with van der Waals surface area (Å²) in [5.41, 5.74) is 2.52. The van der Waals surface area contributed by atoms with Crippen molar-refractivity contribution in [1.82, 2.24) is 10.2 Å². The molecule has 218 valence electrons. The minimum atomic E-state index is -3.62. The quantitative estimate of drug-likeness (QED) is 0.410. The van der Waals surface area contributed by atoms with E-state index in [0.717, 1.165) is 43.1 Å². The number of fused-ring (bicyclic) bond motifs is 1. The Morgan fingerprint density at radius 3 is 2.35 bits per heavy atom. The van der Waals surface area contributed by atoms with Gasteiger partial charge in [0.2, 0.25) is 21.8 Å². The summed E-state index contributed by atoms with van der Waals surface area (Å²) in [6, 6.07) is 12.5. The summed E-state index contributed by atoms with van der Waals surface area (Å²) in [5, 5.41) is 3.16. The number of benzene rings is 2. The van der Waals surface area contributed by atoms with Crippen LogP contribution in [0.4, 0.5) is 5.69 Å². The van der Waals surface area contributed by atoms with Crippen LogP contribution in [0.3, 0.4) is 0 Å². The third kappa shape index (κ3) is 7.68. The smallest absolute Gasteiger partial charge is 0.243 e. The van der Waals surface area contributed by atoms with Gasteiger partial charge in [-0.3, -0.25) is 13.9 Å². The molecule has 4 rings (SSSR count). The molecule has 1 atom stereocenters. The van der Waals surface area contributed by atoms with Gasteiger partial charge in [0.05, 0.1) is 11.9 Å². The van der Waals surface area contributed by atoms with E-state index >= 15 is 0 Å². The van der Waals surface area contributed by atoms with Crippen LogP contribution in [-0.4, -0.2) is 63.2 Å². The zero-order valence-corrected chi connectivity index (χ0v) is 24.5. The molecule has 1 fully saturated rings. The molecule has 10 heteroatoms. The second-order valence-corrected chi connectivity index (χ2v) is 12.6. The first kappa shape index (κ1) is 29.7. The SMILES string of the molecule is CCC(C(=O)NC1CCCC1)N(Cc1ccc(C)cc1)C(=O)CCCN(c1ccc2c(c1)OCCO2)S(C)(=O)=O. The van der Waals surface area contributed by atoms with Gasteiger partial charge in [-0.1, -0.05) is 49.6 Å². The van der Waals surface area contributed by atoms with Crippen molar-refractivity contribution < 1.29 is 27.5 Å². The molecule has 2 aliphatic rings. The molecule has 1 N–H and O–H groups in total. The van der Waals surface area contributed by atoms with E-state index in [4.69, 9.17) is 9.47 Å². The Morgan fingerprint density at radius 2 is 1.70 bits per heavy atom. The molecule has 1 saturated carbocycles. The maximum absolute atomic E-state index is 13.7. The monoisotopic (exact) mass is 571 g/mol. The average Bonchev–Trinajstić information content (AvgIpc) is 3.44. The van der Waals surface area contributed by atoms with Crippen LogP contribution >= 0.6 is 0 Å². The van der Waals surface area contributed by atoms with Crippen LogP contribution in [-0.2, 0) is 26.2 Å². The largest absolute Gasteiger partial charge is 0.486 e. The molecular weight excluding hydrogens is 530 g/mol. The van der Waals surface area contributed by atoms with Crippen molar-refractivity contribution in [2.24, 2.45) is 0 Å². The van der Waals surface area contributed by atoms with E-state index < -0.39 is 16.1 Å². The maximum Gasteiger partial charge on any atom is 0.243 e. The number of carbonyl (C=O) groups excluding carboxylic acids is 2. The minimum Gasteiger partial charge on any atom is -0.486 e. The molecule has 1 aliphatic carbocycles. The van der Waals surface area contributed by atoms with Crippen molar-refractivity contribution in [3.8, 4) is 11.5 Å². The second-order valence-electron chi connectivity index (χ2n) is 10.7. The van der Waals surface area contributed by atoms with Gasteiger partial charge in [-0.25, -0.2) is 8.42 Å². The summed E-state index contributed by atoms with van der Waals surface area (Å²) in [5.74, 6) is 0.775. The van der Waals surface area contributed by atoms with E-state index in [0.29, 0.717) is 49.8 Å². The van der Waals surface area contributed by atoms with Crippen LogP contribution in [0, 0.1) is 6.92 Å². The van der Waals surface area contributed by atoms with Crippen LogP contribution in [0.25, 0.3) is 0 Å². The Labute approximate surface area is 237 Å². The first-order valence-electron chi connectivity index (χ1n) is 14.2. The molecule has 9 nitrogen and oxygen atoms in total. The molecule has 1 unspecified atom stereocenters. The summed E-state index contributed by atoms with van der Waals surface area (Å²) in [7, 11) is -3.62. The molecule has 0 aromatic heterocycles. The standard InChI is InChI=1S/C30H41N3O6S/c1-4-26(30(35)31-24-8-5-6-9-24)32(21-23-13-11-22(2)12-14-23)29(34)10-7-17-33(40(3,36)37)25-15-16-27-28(20-25)39-19-18-38-27/h11-16,20,24,26H,4-10,17-19,21H2,1-3H3,(H,31,35). The molecule has 0 saturated heterocycles. The molecule has 2 amide bonds. The number of hydrogen-bond acceptors (Lipinski definition) is 6. The minimum absolute atomic E-state index is 0.107. The van der Waals surface area contributed by atoms with E-state index in [-0.39, 0.29) is 30.8 Å². The topological polar surface area (TPSA) is 105 Å². The highest BCUT2D eigenvalue weighted by Gasteiger charge is 2.31. The summed E-state index contributed by atoms with van der Waals surface area (Å²) in [4.78, 5) is 28.6. The lowest BCUT2D eigenvalue weighted by Gasteiger charge is -2.32. The molecule has 1 heterocycles. The molecule has 1 aliphatic heterocycles. The summed E-state index contributed by atoms with van der Waals surface area (Å²) < 4.78 is 37.9. The summed E-state index contributed by atoms with van der Waals surface area (Å²) in [6.45, 7) is 5.20. The fraction of sp³-hybridized carbons (Fsp3) is 0.533. The van der Waals surface area contributed by atoms with Crippen LogP contribution in [0.15, 0.2) is 42.5 Å². The number of nitrogens with one attached hydrogen (secondary N) is 1. The zero-order chi connectivity index (χ0) is 28.7. The third-order valence-corrected chi connectivity index (χ3v) is 8.72. The Hall–Kier alpha value is -3.27. The van der Waals surface area contributed by atoms with Gasteiger partial charge in [-0.2, -0.15) is 0 Å². The number of hydrogen-bond donors (Lipinski definition) is 1. The van der Waals surface area contributed by atoms with Gasteiger partial charge in [-0.05, 0) is 50.3 Å². The summed E-state index contributed by atoms with van der Waals surface area (Å²) >= 11 is 0. The number of anilines is 1. The Bertz CT molecular complexity index is 1270. The average molecular weight is 572 g/mol. The van der Waals surface area contributed by atoms with E-state index in [1.807, 2.05) is 38.1 Å². The molecule has 0 radical (unpaired) electrons. The highest BCUT2D eigenvalue weighted by Crippen LogP contribution is 2.35. The first-order chi connectivity index (χ1) is 19.2. The van der Waals surface area contributed by atoms with E-state index in [2.05, 4.69) is 5.32 Å². The van der Waals surface area contributed by atoms with Gasteiger partial charge in [0.1, 0.15) is 19.3 Å². The van der Waals surface area contributed by atoms with Gasteiger partial charge in [0, 0.05) is 31.6 Å². The van der Waals surface area contributed by atoms with Crippen LogP contribution in [0.5, 0.6) is 11.5 Å². The highest BCUT2D eigenvalue weighted by molar-refractivity contribution is 7.92. The van der Waals surface area contributed by atoms with Crippen molar-refractivity contribution in [2.75, 3.05) is 30.3 Å². The Morgan fingerprint density at radius 1 is 1.02 bits per heavy atom. The van der Waals surface area contributed by atoms with Crippen LogP contribution in [0.1, 0.15) is 63.0 Å². The van der Waals surface area contributed by atoms with Crippen molar-refractivity contribution in [3.63, 3.8) is 0 Å². The molecule has 0 spiro atoms. The van der Waals surface area contributed by atoms with Crippen LogP contribution in [0.2, 0.25) is 0 Å². The second kappa shape index (κ2) is 13.4. The molecular formula is C30H41N3O6S. The normalized spacial score (nSPS) is 15.9. The molecule has 0 bridgehead atoms. The zero-order valence-electron chi connectivity index (χ0n) is 23.7. The molecule has 2 aromatic carbocycles. The van der Waals surface area contributed by atoms with Gasteiger partial charge in [0.25, 0.3) is 0 Å². The molecule has 2 aromatic rings. The van der Waals surface area contributed by atoms with Gasteiger partial charge >= 0.3 is 0 Å². The molecule has 40 heavy (non-hydrogen) atoms. The number of sulfonamides is 1. The van der Waals surface area contributed by atoms with E-state index in [1.165, 1.54) is 4.31 Å².